The smallest absolute Gasteiger partial charge is 0.324 e. The molecular weight excluding hydrogens is 406 g/mol. The van der Waals surface area contributed by atoms with Crippen LogP contribution in [-0.4, -0.2) is 22.1 Å². The van der Waals surface area contributed by atoms with Crippen molar-refractivity contribution >= 4 is 39.9 Å². The van der Waals surface area contributed by atoms with Crippen LogP contribution in [0.15, 0.2) is 71.4 Å². The lowest BCUT2D eigenvalue weighted by molar-refractivity contribution is 0.102. The number of urea groups is 1. The lowest BCUT2D eigenvalue weighted by Gasteiger charge is -2.12. The van der Waals surface area contributed by atoms with Gasteiger partial charge in [-0.1, -0.05) is 50.2 Å². The van der Waals surface area contributed by atoms with Gasteiger partial charge in [0.2, 0.25) is 0 Å². The number of amides is 3. The van der Waals surface area contributed by atoms with Crippen molar-refractivity contribution in [2.24, 2.45) is 0 Å². The molecule has 0 fully saturated rings. The minimum atomic E-state index is -0.449. The summed E-state index contributed by atoms with van der Waals surface area (Å²) in [4.78, 5) is 29.2. The van der Waals surface area contributed by atoms with Crippen molar-refractivity contribution < 1.29 is 14.1 Å². The number of anilines is 3. The molecule has 8 heteroatoms. The number of aromatic nitrogens is 2. The summed E-state index contributed by atoms with van der Waals surface area (Å²) in [7, 11) is 0. The number of rotatable bonds is 4. The van der Waals surface area contributed by atoms with E-state index in [0.29, 0.717) is 28.6 Å². The van der Waals surface area contributed by atoms with E-state index in [4.69, 9.17) is 4.52 Å². The molecule has 0 bridgehead atoms. The number of carbonyl (C=O) groups excluding carboxylic acids is 2. The highest BCUT2D eigenvalue weighted by molar-refractivity contribution is 6.11. The molecule has 2 aromatic heterocycles. The van der Waals surface area contributed by atoms with Crippen LogP contribution in [0.3, 0.4) is 0 Å². The number of nitrogens with zero attached hydrogens (tertiary/aromatic N) is 2. The molecule has 2 aromatic carbocycles. The molecule has 4 aromatic rings. The molecule has 0 radical (unpaired) electrons. The van der Waals surface area contributed by atoms with Crippen LogP contribution in [0, 0.1) is 0 Å². The summed E-state index contributed by atoms with van der Waals surface area (Å²) >= 11 is 0. The van der Waals surface area contributed by atoms with Crippen molar-refractivity contribution in [3.05, 3.63) is 78.3 Å². The average Bonchev–Trinajstić information content (AvgIpc) is 3.23. The molecule has 0 saturated heterocycles. The lowest BCUT2D eigenvalue weighted by Crippen LogP contribution is -2.19. The quantitative estimate of drug-likeness (QED) is 0.401. The fourth-order valence-electron chi connectivity index (χ4n) is 3.09. The van der Waals surface area contributed by atoms with E-state index in [1.807, 2.05) is 51.1 Å². The Morgan fingerprint density at radius 3 is 2.25 bits per heavy atom. The Morgan fingerprint density at radius 2 is 1.56 bits per heavy atom. The Hall–Kier alpha value is -4.20. The van der Waals surface area contributed by atoms with Gasteiger partial charge in [0.25, 0.3) is 5.91 Å². The number of hydrogen-bond donors (Lipinski definition) is 3. The van der Waals surface area contributed by atoms with E-state index in [1.54, 1.807) is 36.5 Å². The third-order valence-corrected chi connectivity index (χ3v) is 4.78. The third-order valence-electron chi connectivity index (χ3n) is 4.78. The predicted octanol–water partition coefficient (Wildman–Crippen LogP) is 5.42. The van der Waals surface area contributed by atoms with Crippen LogP contribution in [0.5, 0.6) is 0 Å². The van der Waals surface area contributed by atoms with Crippen LogP contribution in [0.2, 0.25) is 0 Å². The van der Waals surface area contributed by atoms with Crippen LogP contribution in [-0.2, 0) is 5.41 Å². The van der Waals surface area contributed by atoms with Crippen LogP contribution in [0.1, 0.15) is 37.0 Å². The van der Waals surface area contributed by atoms with Gasteiger partial charge in [0.1, 0.15) is 11.5 Å². The van der Waals surface area contributed by atoms with E-state index in [0.717, 1.165) is 10.8 Å². The zero-order valence-electron chi connectivity index (χ0n) is 18.0. The Bertz CT molecular complexity index is 1270. The van der Waals surface area contributed by atoms with Gasteiger partial charge in [0.15, 0.2) is 5.82 Å². The number of nitrogens with one attached hydrogen (secondary N) is 3. The van der Waals surface area contributed by atoms with E-state index in [9.17, 15) is 9.59 Å². The molecular formula is C24H23N5O3. The highest BCUT2D eigenvalue weighted by atomic mass is 16.5. The molecule has 0 aliphatic heterocycles. The first-order chi connectivity index (χ1) is 15.3. The van der Waals surface area contributed by atoms with Crippen molar-refractivity contribution in [2.75, 3.05) is 16.0 Å². The maximum Gasteiger partial charge on any atom is 0.324 e. The van der Waals surface area contributed by atoms with E-state index in [2.05, 4.69) is 26.1 Å². The van der Waals surface area contributed by atoms with E-state index in [1.165, 1.54) is 0 Å². The molecule has 162 valence electrons. The second-order valence-corrected chi connectivity index (χ2v) is 8.32. The van der Waals surface area contributed by atoms with Gasteiger partial charge in [-0.25, -0.2) is 4.79 Å². The maximum absolute atomic E-state index is 12.7. The minimum absolute atomic E-state index is 0.203. The zero-order valence-corrected chi connectivity index (χ0v) is 18.0. The SMILES string of the molecule is CC(C)(C)c1cc(NC(=O)Nc2ccc(NC(=O)c3nccc4ccccc34)cc2)no1. The van der Waals surface area contributed by atoms with Gasteiger partial charge in [-0.2, -0.15) is 0 Å². The van der Waals surface area contributed by atoms with Crippen molar-refractivity contribution in [1.82, 2.24) is 10.1 Å². The average molecular weight is 429 g/mol. The van der Waals surface area contributed by atoms with Crippen molar-refractivity contribution in [3.63, 3.8) is 0 Å². The molecule has 3 N–H and O–H groups in total. The van der Waals surface area contributed by atoms with E-state index < -0.39 is 6.03 Å². The fraction of sp³-hybridized carbons (Fsp3) is 0.167. The Balaban J connectivity index is 1.38. The van der Waals surface area contributed by atoms with Gasteiger partial charge in [-0.3, -0.25) is 15.1 Å². The number of fused-ring (bicyclic) bond motifs is 1. The van der Waals surface area contributed by atoms with Gasteiger partial charge < -0.3 is 15.2 Å². The third kappa shape index (κ3) is 4.75. The molecule has 2 heterocycles. The molecule has 8 nitrogen and oxygen atoms in total. The number of hydrogen-bond acceptors (Lipinski definition) is 5. The number of benzene rings is 2. The number of pyridine rings is 1. The van der Waals surface area contributed by atoms with Gasteiger partial charge in [0.05, 0.1) is 0 Å². The maximum atomic E-state index is 12.7. The second-order valence-electron chi connectivity index (χ2n) is 8.32. The summed E-state index contributed by atoms with van der Waals surface area (Å²) in [6.45, 7) is 5.98. The van der Waals surface area contributed by atoms with Crippen LogP contribution >= 0.6 is 0 Å². The van der Waals surface area contributed by atoms with E-state index in [-0.39, 0.29) is 11.3 Å². The fourth-order valence-corrected chi connectivity index (χ4v) is 3.09. The molecule has 0 spiro atoms. The zero-order chi connectivity index (χ0) is 22.7. The van der Waals surface area contributed by atoms with Gasteiger partial charge in [0, 0.05) is 34.4 Å². The molecule has 0 unspecified atom stereocenters. The molecule has 0 aliphatic rings. The first-order valence-electron chi connectivity index (χ1n) is 10.1. The standard InChI is InChI=1S/C24H23N5O3/c1-24(2,3)19-14-20(29-32-19)28-23(31)27-17-10-8-16(9-11-17)26-22(30)21-18-7-5-4-6-15(18)12-13-25-21/h4-14H,1-3H3,(H,26,30)(H2,27,28,29,31). The van der Waals surface area contributed by atoms with Crippen molar-refractivity contribution in [2.45, 2.75) is 26.2 Å². The molecule has 32 heavy (non-hydrogen) atoms. The monoisotopic (exact) mass is 429 g/mol. The summed E-state index contributed by atoms with van der Waals surface area (Å²) in [6.07, 6.45) is 1.61. The first-order valence-corrected chi connectivity index (χ1v) is 10.1. The summed E-state index contributed by atoms with van der Waals surface area (Å²) < 4.78 is 5.26. The van der Waals surface area contributed by atoms with Crippen molar-refractivity contribution in [1.29, 1.82) is 0 Å². The molecule has 0 atom stereocenters. The van der Waals surface area contributed by atoms with E-state index >= 15 is 0 Å². The highest BCUT2D eigenvalue weighted by Gasteiger charge is 2.20. The topological polar surface area (TPSA) is 109 Å². The second kappa shape index (κ2) is 8.50. The molecule has 4 rings (SSSR count). The van der Waals surface area contributed by atoms with Crippen LogP contribution in [0.4, 0.5) is 22.0 Å². The molecule has 3 amide bonds. The Morgan fingerprint density at radius 1 is 0.875 bits per heavy atom. The highest BCUT2D eigenvalue weighted by Crippen LogP contribution is 2.24. The summed E-state index contributed by atoms with van der Waals surface area (Å²) in [6, 6.07) is 17.5. The Labute approximate surface area is 185 Å². The normalized spacial score (nSPS) is 11.2. The van der Waals surface area contributed by atoms with Gasteiger partial charge >= 0.3 is 6.03 Å². The van der Waals surface area contributed by atoms with Gasteiger partial charge in [-0.05, 0) is 35.7 Å². The molecule has 0 saturated carbocycles. The summed E-state index contributed by atoms with van der Waals surface area (Å²) in [5.74, 6) is 0.702. The number of carbonyl (C=O) groups is 2. The predicted molar refractivity (Wildman–Crippen MR) is 124 cm³/mol. The van der Waals surface area contributed by atoms with Crippen LogP contribution < -0.4 is 16.0 Å². The van der Waals surface area contributed by atoms with Crippen LogP contribution in [0.25, 0.3) is 10.8 Å². The molecule has 0 aliphatic carbocycles. The van der Waals surface area contributed by atoms with Crippen molar-refractivity contribution in [3.8, 4) is 0 Å². The minimum Gasteiger partial charge on any atom is -0.359 e. The largest absolute Gasteiger partial charge is 0.359 e. The summed E-state index contributed by atoms with van der Waals surface area (Å²) in [5, 5.41) is 13.8. The van der Waals surface area contributed by atoms with Gasteiger partial charge in [-0.15, -0.1) is 0 Å². The first kappa shape index (κ1) is 21.0. The lowest BCUT2D eigenvalue weighted by atomic mass is 9.93. The Kier molecular flexibility index (Phi) is 5.59. The summed E-state index contributed by atoms with van der Waals surface area (Å²) in [5.41, 5.74) is 1.29.